The molecule has 2 aromatic heterocycles. The predicted octanol–water partition coefficient (Wildman–Crippen LogP) is 1.52. The van der Waals surface area contributed by atoms with Crippen molar-refractivity contribution in [3.8, 4) is 0 Å². The van der Waals surface area contributed by atoms with Crippen molar-refractivity contribution < 1.29 is 0 Å². The van der Waals surface area contributed by atoms with Gasteiger partial charge in [-0.2, -0.15) is 4.98 Å². The standard InChI is InChI=1S/C12H16ClN7/c1-7-15-6-9(13)11(16-7)20-4-2-8(3-5-20)10-17-12(14)19-18-10/h6,8H,2-5H2,1H3,(H3,14,17,18,19). The van der Waals surface area contributed by atoms with Crippen LogP contribution in [0.5, 0.6) is 0 Å². The number of rotatable bonds is 2. The summed E-state index contributed by atoms with van der Waals surface area (Å²) in [5.41, 5.74) is 5.54. The zero-order chi connectivity index (χ0) is 14.1. The van der Waals surface area contributed by atoms with Crippen LogP contribution in [0.3, 0.4) is 0 Å². The summed E-state index contributed by atoms with van der Waals surface area (Å²) >= 11 is 6.17. The lowest BCUT2D eigenvalue weighted by molar-refractivity contribution is 0.484. The second-order valence-electron chi connectivity index (χ2n) is 4.93. The molecular weight excluding hydrogens is 278 g/mol. The molecule has 1 fully saturated rings. The van der Waals surface area contributed by atoms with Crippen LogP contribution < -0.4 is 10.6 Å². The van der Waals surface area contributed by atoms with E-state index in [9.17, 15) is 0 Å². The molecule has 0 aromatic carbocycles. The summed E-state index contributed by atoms with van der Waals surface area (Å²) in [7, 11) is 0. The van der Waals surface area contributed by atoms with E-state index in [1.807, 2.05) is 6.92 Å². The third kappa shape index (κ3) is 2.53. The summed E-state index contributed by atoms with van der Waals surface area (Å²) in [6.07, 6.45) is 3.59. The molecule has 106 valence electrons. The number of nitrogens with zero attached hydrogens (tertiary/aromatic N) is 5. The van der Waals surface area contributed by atoms with Crippen LogP contribution in [-0.4, -0.2) is 38.2 Å². The number of aromatic amines is 1. The Morgan fingerprint density at radius 3 is 2.75 bits per heavy atom. The number of halogens is 1. The van der Waals surface area contributed by atoms with Crippen molar-refractivity contribution in [2.45, 2.75) is 25.7 Å². The van der Waals surface area contributed by atoms with Crippen LogP contribution in [0, 0.1) is 6.92 Å². The molecule has 0 aliphatic carbocycles. The van der Waals surface area contributed by atoms with Crippen LogP contribution >= 0.6 is 11.6 Å². The Morgan fingerprint density at radius 2 is 2.10 bits per heavy atom. The molecule has 1 aliphatic rings. The van der Waals surface area contributed by atoms with Gasteiger partial charge in [0.1, 0.15) is 16.7 Å². The Labute approximate surface area is 121 Å². The van der Waals surface area contributed by atoms with Gasteiger partial charge in [0, 0.05) is 19.0 Å². The molecule has 0 radical (unpaired) electrons. The number of aryl methyl sites for hydroxylation is 1. The van der Waals surface area contributed by atoms with E-state index in [2.05, 4.69) is 30.0 Å². The summed E-state index contributed by atoms with van der Waals surface area (Å²) in [5.74, 6) is 3.08. The lowest BCUT2D eigenvalue weighted by Gasteiger charge is -2.32. The maximum absolute atomic E-state index is 6.17. The van der Waals surface area contributed by atoms with Crippen LogP contribution in [0.1, 0.15) is 30.4 Å². The number of aromatic nitrogens is 5. The maximum Gasteiger partial charge on any atom is 0.239 e. The first-order chi connectivity index (χ1) is 9.63. The van der Waals surface area contributed by atoms with E-state index in [0.717, 1.165) is 43.4 Å². The highest BCUT2D eigenvalue weighted by Crippen LogP contribution is 2.30. The van der Waals surface area contributed by atoms with Gasteiger partial charge in [-0.3, -0.25) is 5.10 Å². The molecular formula is C12H16ClN7. The third-order valence-electron chi connectivity index (χ3n) is 3.55. The van der Waals surface area contributed by atoms with E-state index in [1.54, 1.807) is 6.20 Å². The van der Waals surface area contributed by atoms with Crippen molar-refractivity contribution in [3.05, 3.63) is 22.9 Å². The monoisotopic (exact) mass is 293 g/mol. The Morgan fingerprint density at radius 1 is 1.35 bits per heavy atom. The predicted molar refractivity (Wildman–Crippen MR) is 76.8 cm³/mol. The molecule has 2 aromatic rings. The fourth-order valence-corrected chi connectivity index (χ4v) is 2.71. The van der Waals surface area contributed by atoms with Crippen molar-refractivity contribution in [2.24, 2.45) is 0 Å². The molecule has 0 bridgehead atoms. The van der Waals surface area contributed by atoms with E-state index in [0.29, 0.717) is 16.9 Å². The van der Waals surface area contributed by atoms with Crippen LogP contribution in [0.2, 0.25) is 5.02 Å². The number of H-pyrrole nitrogens is 1. The number of anilines is 2. The Kier molecular flexibility index (Phi) is 3.43. The highest BCUT2D eigenvalue weighted by Gasteiger charge is 2.25. The van der Waals surface area contributed by atoms with Gasteiger partial charge >= 0.3 is 0 Å². The minimum Gasteiger partial charge on any atom is -0.367 e. The van der Waals surface area contributed by atoms with Crippen molar-refractivity contribution >= 4 is 23.4 Å². The highest BCUT2D eigenvalue weighted by atomic mass is 35.5. The van der Waals surface area contributed by atoms with Crippen molar-refractivity contribution in [1.29, 1.82) is 0 Å². The zero-order valence-corrected chi connectivity index (χ0v) is 11.9. The van der Waals surface area contributed by atoms with Gasteiger partial charge in [0.05, 0.1) is 6.20 Å². The number of nitrogen functional groups attached to an aromatic ring is 1. The van der Waals surface area contributed by atoms with Gasteiger partial charge in [-0.1, -0.05) is 11.6 Å². The summed E-state index contributed by atoms with van der Waals surface area (Å²) in [4.78, 5) is 14.9. The van der Waals surface area contributed by atoms with Gasteiger partial charge < -0.3 is 10.6 Å². The van der Waals surface area contributed by atoms with Crippen molar-refractivity contribution in [1.82, 2.24) is 25.1 Å². The summed E-state index contributed by atoms with van der Waals surface area (Å²) in [6.45, 7) is 3.62. The van der Waals surface area contributed by atoms with Gasteiger partial charge in [-0.25, -0.2) is 9.97 Å². The molecule has 3 heterocycles. The number of hydrogen-bond donors (Lipinski definition) is 2. The normalized spacial score (nSPS) is 16.6. The molecule has 0 amide bonds. The molecule has 0 spiro atoms. The number of nitrogens with one attached hydrogen (secondary N) is 1. The molecule has 0 atom stereocenters. The largest absolute Gasteiger partial charge is 0.367 e. The van der Waals surface area contributed by atoms with Crippen molar-refractivity contribution in [2.75, 3.05) is 23.7 Å². The fourth-order valence-electron chi connectivity index (χ4n) is 2.50. The Balaban J connectivity index is 1.70. The molecule has 1 aliphatic heterocycles. The number of nitrogens with two attached hydrogens (primary N) is 1. The summed E-state index contributed by atoms with van der Waals surface area (Å²) < 4.78 is 0. The molecule has 3 rings (SSSR count). The van der Waals surface area contributed by atoms with E-state index in [1.165, 1.54) is 0 Å². The van der Waals surface area contributed by atoms with Crippen molar-refractivity contribution in [3.63, 3.8) is 0 Å². The second kappa shape index (κ2) is 5.24. The first-order valence-corrected chi connectivity index (χ1v) is 6.93. The van der Waals surface area contributed by atoms with Gasteiger partial charge in [0.25, 0.3) is 0 Å². The van der Waals surface area contributed by atoms with Crippen LogP contribution in [0.25, 0.3) is 0 Å². The molecule has 0 unspecified atom stereocenters. The second-order valence-corrected chi connectivity index (χ2v) is 5.34. The molecule has 20 heavy (non-hydrogen) atoms. The van der Waals surface area contributed by atoms with Gasteiger partial charge in [-0.15, -0.1) is 5.10 Å². The number of piperidine rings is 1. The first-order valence-electron chi connectivity index (χ1n) is 6.55. The molecule has 1 saturated heterocycles. The van der Waals surface area contributed by atoms with Crippen LogP contribution in [-0.2, 0) is 0 Å². The third-order valence-corrected chi connectivity index (χ3v) is 3.81. The van der Waals surface area contributed by atoms with Gasteiger partial charge in [-0.05, 0) is 19.8 Å². The Bertz CT molecular complexity index is 604. The lowest BCUT2D eigenvalue weighted by Crippen LogP contribution is -2.34. The fraction of sp³-hybridized carbons (Fsp3) is 0.500. The average Bonchev–Trinajstić information content (AvgIpc) is 2.88. The average molecular weight is 294 g/mol. The molecule has 3 N–H and O–H groups in total. The summed E-state index contributed by atoms with van der Waals surface area (Å²) in [6, 6.07) is 0. The van der Waals surface area contributed by atoms with Crippen LogP contribution in [0.4, 0.5) is 11.8 Å². The van der Waals surface area contributed by atoms with Gasteiger partial charge in [0.15, 0.2) is 5.82 Å². The van der Waals surface area contributed by atoms with E-state index in [-0.39, 0.29) is 0 Å². The zero-order valence-electron chi connectivity index (χ0n) is 11.2. The number of hydrogen-bond acceptors (Lipinski definition) is 6. The molecule has 0 saturated carbocycles. The van der Waals surface area contributed by atoms with Gasteiger partial charge in [0.2, 0.25) is 5.95 Å². The smallest absolute Gasteiger partial charge is 0.239 e. The quantitative estimate of drug-likeness (QED) is 0.871. The minimum atomic E-state index is 0.303. The highest BCUT2D eigenvalue weighted by molar-refractivity contribution is 6.32. The minimum absolute atomic E-state index is 0.303. The lowest BCUT2D eigenvalue weighted by atomic mass is 9.96. The van der Waals surface area contributed by atoms with E-state index >= 15 is 0 Å². The Hall–Kier alpha value is -1.89. The maximum atomic E-state index is 6.17. The molecule has 7 nitrogen and oxygen atoms in total. The first kappa shape index (κ1) is 13.1. The molecule has 8 heteroatoms. The van der Waals surface area contributed by atoms with Crippen LogP contribution in [0.15, 0.2) is 6.20 Å². The van der Waals surface area contributed by atoms with E-state index in [4.69, 9.17) is 17.3 Å². The SMILES string of the molecule is Cc1ncc(Cl)c(N2CCC(c3nc(N)n[nH]3)CC2)n1. The van der Waals surface area contributed by atoms with E-state index < -0.39 is 0 Å². The topological polar surface area (TPSA) is 96.6 Å². The summed E-state index contributed by atoms with van der Waals surface area (Å²) in [5, 5.41) is 7.37.